The van der Waals surface area contributed by atoms with Crippen molar-refractivity contribution in [2.24, 2.45) is 0 Å². The zero-order chi connectivity index (χ0) is 19.8. The van der Waals surface area contributed by atoms with Crippen molar-refractivity contribution in [3.63, 3.8) is 0 Å². The quantitative estimate of drug-likeness (QED) is 0.456. The molecule has 0 aliphatic heterocycles. The summed E-state index contributed by atoms with van der Waals surface area (Å²) in [6, 6.07) is 17.2. The molecule has 0 aliphatic carbocycles. The first-order chi connectivity index (χ1) is 13.7. The minimum Gasteiger partial charge on any atom is -0.504 e. The minimum atomic E-state index is 0.201. The molecule has 0 unspecified atom stereocenters. The zero-order valence-electron chi connectivity index (χ0n) is 14.8. The Kier molecular flexibility index (Phi) is 5.95. The maximum Gasteiger partial charge on any atom is 0.237 e. The van der Waals surface area contributed by atoms with Gasteiger partial charge in [0.05, 0.1) is 30.6 Å². The molecule has 0 atom stereocenters. The average molecular weight is 372 g/mol. The summed E-state index contributed by atoms with van der Waals surface area (Å²) in [6.07, 6.45) is 4.38. The van der Waals surface area contributed by atoms with Crippen LogP contribution < -0.4 is 9.47 Å². The molecule has 7 nitrogen and oxygen atoms in total. The number of ether oxygens (including phenoxy) is 3. The molecule has 0 bridgehead atoms. The molecule has 2 aromatic carbocycles. The van der Waals surface area contributed by atoms with Gasteiger partial charge in [0.15, 0.2) is 0 Å². The topological polar surface area (TPSA) is 94.3 Å². The first-order valence-electron chi connectivity index (χ1n) is 8.12. The van der Waals surface area contributed by atoms with Crippen LogP contribution in [-0.4, -0.2) is 23.4 Å². The molecule has 28 heavy (non-hydrogen) atoms. The van der Waals surface area contributed by atoms with Crippen molar-refractivity contribution in [2.45, 2.75) is 0 Å². The van der Waals surface area contributed by atoms with E-state index in [1.54, 1.807) is 48.5 Å². The van der Waals surface area contributed by atoms with E-state index in [-0.39, 0.29) is 17.3 Å². The van der Waals surface area contributed by atoms with Crippen LogP contribution in [0.2, 0.25) is 0 Å². The van der Waals surface area contributed by atoms with E-state index in [0.29, 0.717) is 22.6 Å². The maximum atomic E-state index is 11.2. The summed E-state index contributed by atoms with van der Waals surface area (Å²) in [6.45, 7) is 0. The molecule has 3 aromatic rings. The molecule has 0 saturated heterocycles. The van der Waals surface area contributed by atoms with Gasteiger partial charge < -0.3 is 14.2 Å². The van der Waals surface area contributed by atoms with Gasteiger partial charge in [-0.15, -0.1) is 0 Å². The third-order valence-electron chi connectivity index (χ3n) is 3.58. The first kappa shape index (κ1) is 18.6. The van der Waals surface area contributed by atoms with E-state index in [2.05, 4.69) is 16.0 Å². The fourth-order valence-electron chi connectivity index (χ4n) is 2.35. The summed E-state index contributed by atoms with van der Waals surface area (Å²) >= 11 is 0. The van der Waals surface area contributed by atoms with Gasteiger partial charge in [0.25, 0.3) is 0 Å². The van der Waals surface area contributed by atoms with Crippen molar-refractivity contribution in [3.05, 3.63) is 78.3 Å². The second-order valence-electron chi connectivity index (χ2n) is 5.37. The predicted molar refractivity (Wildman–Crippen MR) is 100 cm³/mol. The molecular formula is C21H14N3O4. The van der Waals surface area contributed by atoms with Crippen molar-refractivity contribution in [1.82, 2.24) is 9.97 Å². The number of aromatic nitrogens is 2. The van der Waals surface area contributed by atoms with Crippen LogP contribution in [0.15, 0.2) is 67.2 Å². The molecule has 0 saturated carbocycles. The highest BCUT2D eigenvalue weighted by molar-refractivity contribution is 6.08. The number of allylic oxidation sites excluding steroid dienone is 1. The van der Waals surface area contributed by atoms with E-state index in [1.165, 1.54) is 25.8 Å². The molecule has 0 spiro atoms. The Morgan fingerprint density at radius 1 is 1.00 bits per heavy atom. The average Bonchev–Trinajstić information content (AvgIpc) is 2.73. The minimum absolute atomic E-state index is 0.201. The highest BCUT2D eigenvalue weighted by atomic mass is 16.5. The van der Waals surface area contributed by atoms with Gasteiger partial charge in [-0.05, 0) is 18.2 Å². The Hall–Kier alpha value is -4.18. The van der Waals surface area contributed by atoms with Gasteiger partial charge in [0.2, 0.25) is 18.0 Å². The van der Waals surface area contributed by atoms with Crippen LogP contribution in [0.25, 0.3) is 5.57 Å². The van der Waals surface area contributed by atoms with Crippen molar-refractivity contribution in [2.75, 3.05) is 7.11 Å². The van der Waals surface area contributed by atoms with E-state index < -0.39 is 0 Å². The van der Waals surface area contributed by atoms with Gasteiger partial charge in [-0.3, -0.25) is 4.79 Å². The summed E-state index contributed by atoms with van der Waals surface area (Å²) < 4.78 is 16.4. The standard InChI is InChI=1S/C21H14N3O4/c1-26-13-16(12-25)17-7-3-5-9-19(17)28-21-10-20(23-14-24-21)27-18-8-4-2-6-15(18)11-22/h2-10,13-14H,1H3/b16-13-. The largest absolute Gasteiger partial charge is 0.504 e. The molecule has 0 amide bonds. The highest BCUT2D eigenvalue weighted by Gasteiger charge is 2.12. The van der Waals surface area contributed by atoms with E-state index in [1.807, 2.05) is 6.29 Å². The lowest BCUT2D eigenvalue weighted by Crippen LogP contribution is -1.96. The second kappa shape index (κ2) is 8.96. The molecule has 0 fully saturated rings. The van der Waals surface area contributed by atoms with Crippen LogP contribution in [0.3, 0.4) is 0 Å². The number of hydrogen-bond acceptors (Lipinski definition) is 7. The number of benzene rings is 2. The third kappa shape index (κ3) is 4.31. The third-order valence-corrected chi connectivity index (χ3v) is 3.58. The van der Waals surface area contributed by atoms with Crippen molar-refractivity contribution in [1.29, 1.82) is 5.26 Å². The smallest absolute Gasteiger partial charge is 0.237 e. The SMILES string of the molecule is CO/C=C(/[C]=O)c1ccccc1Oc1cc(Oc2ccccc2C#N)ncn1. The normalized spacial score (nSPS) is 10.6. The Morgan fingerprint density at radius 3 is 2.32 bits per heavy atom. The van der Waals surface area contributed by atoms with Crippen molar-refractivity contribution < 1.29 is 19.0 Å². The summed E-state index contributed by atoms with van der Waals surface area (Å²) in [5.41, 5.74) is 1.08. The molecule has 1 radical (unpaired) electrons. The number of hydrogen-bond donors (Lipinski definition) is 0. The lowest BCUT2D eigenvalue weighted by atomic mass is 10.1. The van der Waals surface area contributed by atoms with Crippen LogP contribution >= 0.6 is 0 Å². The fourth-order valence-corrected chi connectivity index (χ4v) is 2.35. The lowest BCUT2D eigenvalue weighted by Gasteiger charge is -2.11. The Morgan fingerprint density at radius 2 is 1.64 bits per heavy atom. The molecule has 7 heteroatoms. The molecule has 0 N–H and O–H groups in total. The lowest BCUT2D eigenvalue weighted by molar-refractivity contribution is 0.340. The first-order valence-corrected chi connectivity index (χ1v) is 8.12. The maximum absolute atomic E-state index is 11.2. The fraction of sp³-hybridized carbons (Fsp3) is 0.0476. The number of rotatable bonds is 7. The zero-order valence-corrected chi connectivity index (χ0v) is 14.8. The monoisotopic (exact) mass is 372 g/mol. The predicted octanol–water partition coefficient (Wildman–Crippen LogP) is 4.03. The second-order valence-corrected chi connectivity index (χ2v) is 5.37. The number of para-hydroxylation sites is 2. The number of nitriles is 1. The summed E-state index contributed by atoms with van der Waals surface area (Å²) in [5.74, 6) is 1.17. The van der Waals surface area contributed by atoms with Gasteiger partial charge in [-0.2, -0.15) is 5.26 Å². The Bertz CT molecular complexity index is 1060. The number of nitrogens with zero attached hydrogens (tertiary/aromatic N) is 3. The van der Waals surface area contributed by atoms with Gasteiger partial charge in [0.1, 0.15) is 23.9 Å². The van der Waals surface area contributed by atoms with Crippen LogP contribution in [0.5, 0.6) is 23.3 Å². The summed E-state index contributed by atoms with van der Waals surface area (Å²) in [7, 11) is 1.44. The summed E-state index contributed by atoms with van der Waals surface area (Å²) in [5, 5.41) is 9.16. The number of carbonyl (C=O) groups excluding carboxylic acids is 1. The number of methoxy groups -OCH3 is 1. The highest BCUT2D eigenvalue weighted by Crippen LogP contribution is 2.30. The van der Waals surface area contributed by atoms with E-state index >= 15 is 0 Å². The Balaban J connectivity index is 1.88. The molecule has 0 aliphatic rings. The van der Waals surface area contributed by atoms with Crippen LogP contribution in [0.4, 0.5) is 0 Å². The van der Waals surface area contributed by atoms with Crippen LogP contribution in [0.1, 0.15) is 11.1 Å². The van der Waals surface area contributed by atoms with Crippen LogP contribution in [-0.2, 0) is 9.53 Å². The molecule has 137 valence electrons. The van der Waals surface area contributed by atoms with Crippen molar-refractivity contribution >= 4 is 11.9 Å². The summed E-state index contributed by atoms with van der Waals surface area (Å²) in [4.78, 5) is 19.3. The van der Waals surface area contributed by atoms with Crippen molar-refractivity contribution in [3.8, 4) is 29.3 Å². The molecule has 1 heterocycles. The van der Waals surface area contributed by atoms with Crippen LogP contribution in [0, 0.1) is 11.3 Å². The Labute approximate surface area is 161 Å². The van der Waals surface area contributed by atoms with Gasteiger partial charge in [0, 0.05) is 5.56 Å². The molecular weight excluding hydrogens is 358 g/mol. The van der Waals surface area contributed by atoms with Gasteiger partial charge >= 0.3 is 0 Å². The van der Waals surface area contributed by atoms with E-state index in [4.69, 9.17) is 19.5 Å². The van der Waals surface area contributed by atoms with E-state index in [9.17, 15) is 4.79 Å². The molecule has 1 aromatic heterocycles. The van der Waals surface area contributed by atoms with E-state index in [0.717, 1.165) is 0 Å². The molecule has 3 rings (SSSR count). The van der Waals surface area contributed by atoms with Gasteiger partial charge in [-0.1, -0.05) is 30.3 Å². The van der Waals surface area contributed by atoms with Gasteiger partial charge in [-0.25, -0.2) is 9.97 Å².